The van der Waals surface area contributed by atoms with E-state index in [1.807, 2.05) is 24.8 Å². The fourth-order valence-corrected chi connectivity index (χ4v) is 5.20. The Morgan fingerprint density at radius 3 is 2.58 bits per heavy atom. The van der Waals surface area contributed by atoms with Gasteiger partial charge in [-0.05, 0) is 66.0 Å². The van der Waals surface area contributed by atoms with E-state index in [1.54, 1.807) is 6.20 Å². The lowest BCUT2D eigenvalue weighted by Crippen LogP contribution is -2.59. The van der Waals surface area contributed by atoms with Crippen molar-refractivity contribution in [2.45, 2.75) is 71.5 Å². The van der Waals surface area contributed by atoms with Gasteiger partial charge in [-0.3, -0.25) is 9.59 Å². The van der Waals surface area contributed by atoms with Crippen molar-refractivity contribution in [3.8, 4) is 10.4 Å². The van der Waals surface area contributed by atoms with E-state index in [2.05, 4.69) is 48.3 Å². The molecule has 9 heteroatoms. The number of carbonyl (C=O) groups is 2. The molecular formula is C24H33N5O3S. The highest BCUT2D eigenvalue weighted by atomic mass is 32.1. The molecule has 0 unspecified atom stereocenters. The molecule has 2 N–H and O–H groups in total. The van der Waals surface area contributed by atoms with E-state index in [4.69, 9.17) is 4.74 Å². The van der Waals surface area contributed by atoms with Gasteiger partial charge in [-0.2, -0.15) is 0 Å². The number of nitrogens with zero attached hydrogens (tertiary/aromatic N) is 3. The molecule has 0 radical (unpaired) electrons. The predicted molar refractivity (Wildman–Crippen MR) is 130 cm³/mol. The minimum absolute atomic E-state index is 0.120. The molecule has 178 valence electrons. The van der Waals surface area contributed by atoms with Gasteiger partial charge < -0.3 is 20.3 Å². The summed E-state index contributed by atoms with van der Waals surface area (Å²) in [6.45, 7) is 13.9. The highest BCUT2D eigenvalue weighted by Gasteiger charge is 2.37. The molecule has 0 aromatic carbocycles. The SMILES string of the molecule is Cc1cc(NC(C)(C)C)ncc1-c1sc(C(=O)NC2(C)COC2)nc1C(=O)N1CCC[C@@H]1C. The number of thiazole rings is 1. The van der Waals surface area contributed by atoms with Crippen LogP contribution in [-0.4, -0.2) is 63.6 Å². The van der Waals surface area contributed by atoms with Crippen molar-refractivity contribution < 1.29 is 14.3 Å². The van der Waals surface area contributed by atoms with E-state index in [0.29, 0.717) is 30.3 Å². The van der Waals surface area contributed by atoms with E-state index in [-0.39, 0.29) is 28.4 Å². The van der Waals surface area contributed by atoms with E-state index >= 15 is 0 Å². The summed E-state index contributed by atoms with van der Waals surface area (Å²) in [6, 6.07) is 2.13. The van der Waals surface area contributed by atoms with Crippen molar-refractivity contribution in [3.63, 3.8) is 0 Å². The highest BCUT2D eigenvalue weighted by molar-refractivity contribution is 7.17. The number of carbonyl (C=O) groups excluding carboxylic acids is 2. The molecule has 4 heterocycles. The number of likely N-dealkylation sites (tertiary alicyclic amines) is 1. The molecule has 33 heavy (non-hydrogen) atoms. The summed E-state index contributed by atoms with van der Waals surface area (Å²) in [5.74, 6) is 0.363. The second-order valence-corrected chi connectivity index (χ2v) is 11.5. The zero-order valence-electron chi connectivity index (χ0n) is 20.2. The van der Waals surface area contributed by atoms with Crippen LogP contribution in [0, 0.1) is 6.92 Å². The molecule has 4 rings (SSSR count). The monoisotopic (exact) mass is 471 g/mol. The molecular weight excluding hydrogens is 438 g/mol. The third-order valence-corrected chi connectivity index (χ3v) is 7.04. The molecule has 0 spiro atoms. The number of pyridine rings is 1. The van der Waals surface area contributed by atoms with Gasteiger partial charge >= 0.3 is 0 Å². The van der Waals surface area contributed by atoms with Crippen LogP contribution in [0.2, 0.25) is 0 Å². The van der Waals surface area contributed by atoms with E-state index in [0.717, 1.165) is 29.8 Å². The summed E-state index contributed by atoms with van der Waals surface area (Å²) in [5.41, 5.74) is 1.60. The molecule has 2 aliphatic rings. The topological polar surface area (TPSA) is 96.5 Å². The van der Waals surface area contributed by atoms with Gasteiger partial charge in [0, 0.05) is 29.9 Å². The van der Waals surface area contributed by atoms with E-state index < -0.39 is 5.54 Å². The van der Waals surface area contributed by atoms with Gasteiger partial charge in [-0.1, -0.05) is 0 Å². The number of hydrogen-bond acceptors (Lipinski definition) is 7. The maximum atomic E-state index is 13.5. The Kier molecular flexibility index (Phi) is 6.22. The first-order chi connectivity index (χ1) is 15.5. The van der Waals surface area contributed by atoms with Crippen LogP contribution in [0.15, 0.2) is 12.3 Å². The Hall–Kier alpha value is -2.52. The Morgan fingerprint density at radius 2 is 2.03 bits per heavy atom. The predicted octanol–water partition coefficient (Wildman–Crippen LogP) is 3.87. The summed E-state index contributed by atoms with van der Waals surface area (Å²) in [4.78, 5) is 38.2. The Labute approximate surface area is 199 Å². The molecule has 2 aromatic rings. The fourth-order valence-electron chi connectivity index (χ4n) is 4.17. The first kappa shape index (κ1) is 23.6. The van der Waals surface area contributed by atoms with Gasteiger partial charge in [0.05, 0.1) is 23.6 Å². The zero-order chi connectivity index (χ0) is 24.0. The second kappa shape index (κ2) is 8.68. The van der Waals surface area contributed by atoms with Crippen LogP contribution in [-0.2, 0) is 4.74 Å². The molecule has 2 amide bonds. The van der Waals surface area contributed by atoms with Crippen molar-refractivity contribution in [3.05, 3.63) is 28.5 Å². The van der Waals surface area contributed by atoms with Crippen LogP contribution in [0.1, 0.15) is 73.3 Å². The molecule has 1 atom stereocenters. The smallest absolute Gasteiger partial charge is 0.280 e. The standard InChI is InChI=1S/C24H33N5O3S/c1-14-10-17(27-23(3,4)5)25-11-16(14)19-18(22(31)29-9-7-8-15(29)2)26-21(33-19)20(30)28-24(6)12-32-13-24/h10-11,15H,7-9,12-13H2,1-6H3,(H,25,27)(H,28,30)/t15-/m0/s1. The first-order valence-corrected chi connectivity index (χ1v) is 12.2. The van der Waals surface area contributed by atoms with Gasteiger partial charge in [0.15, 0.2) is 5.01 Å². The third kappa shape index (κ3) is 5.04. The molecule has 0 aliphatic carbocycles. The van der Waals surface area contributed by atoms with Crippen molar-refractivity contribution >= 4 is 29.0 Å². The van der Waals surface area contributed by atoms with Crippen LogP contribution in [0.4, 0.5) is 5.82 Å². The Balaban J connectivity index is 1.71. The van der Waals surface area contributed by atoms with Crippen molar-refractivity contribution in [1.82, 2.24) is 20.2 Å². The fraction of sp³-hybridized carbons (Fsp3) is 0.583. The van der Waals surface area contributed by atoms with Crippen LogP contribution in [0.3, 0.4) is 0 Å². The van der Waals surface area contributed by atoms with E-state index in [9.17, 15) is 9.59 Å². The minimum atomic E-state index is -0.395. The molecule has 2 aromatic heterocycles. The molecule has 2 aliphatic heterocycles. The summed E-state index contributed by atoms with van der Waals surface area (Å²) in [7, 11) is 0. The average Bonchev–Trinajstić information content (AvgIpc) is 3.32. The number of hydrogen-bond donors (Lipinski definition) is 2. The maximum Gasteiger partial charge on any atom is 0.280 e. The Morgan fingerprint density at radius 1 is 1.30 bits per heavy atom. The lowest BCUT2D eigenvalue weighted by molar-refractivity contribution is -0.0593. The maximum absolute atomic E-state index is 13.5. The van der Waals surface area contributed by atoms with Crippen LogP contribution in [0.5, 0.6) is 0 Å². The second-order valence-electron chi connectivity index (χ2n) is 10.5. The molecule has 0 saturated carbocycles. The third-order valence-electron chi connectivity index (χ3n) is 5.95. The molecule has 2 saturated heterocycles. The molecule has 0 bridgehead atoms. The number of rotatable bonds is 5. The normalized spacial score (nSPS) is 19.8. The van der Waals surface area contributed by atoms with Gasteiger partial charge in [0.2, 0.25) is 0 Å². The number of nitrogens with one attached hydrogen (secondary N) is 2. The number of ether oxygens (including phenoxy) is 1. The zero-order valence-corrected chi connectivity index (χ0v) is 21.1. The average molecular weight is 472 g/mol. The van der Waals surface area contributed by atoms with Gasteiger partial charge in [0.25, 0.3) is 11.8 Å². The summed E-state index contributed by atoms with van der Waals surface area (Å²) < 4.78 is 5.25. The minimum Gasteiger partial charge on any atom is -0.376 e. The lowest BCUT2D eigenvalue weighted by Gasteiger charge is -2.38. The number of aromatic nitrogens is 2. The first-order valence-electron chi connectivity index (χ1n) is 11.4. The molecule has 2 fully saturated rings. The van der Waals surface area contributed by atoms with E-state index in [1.165, 1.54) is 11.3 Å². The highest BCUT2D eigenvalue weighted by Crippen LogP contribution is 2.35. The summed E-state index contributed by atoms with van der Waals surface area (Å²) >= 11 is 1.25. The number of aryl methyl sites for hydroxylation is 1. The molecule has 8 nitrogen and oxygen atoms in total. The van der Waals surface area contributed by atoms with Gasteiger partial charge in [0.1, 0.15) is 11.5 Å². The van der Waals surface area contributed by atoms with Crippen LogP contribution in [0.25, 0.3) is 10.4 Å². The van der Waals surface area contributed by atoms with Crippen molar-refractivity contribution in [1.29, 1.82) is 0 Å². The van der Waals surface area contributed by atoms with Crippen molar-refractivity contribution in [2.75, 3.05) is 25.1 Å². The van der Waals surface area contributed by atoms with Crippen molar-refractivity contribution in [2.24, 2.45) is 0 Å². The lowest BCUT2D eigenvalue weighted by atomic mass is 10.0. The van der Waals surface area contributed by atoms with Crippen LogP contribution < -0.4 is 10.6 Å². The summed E-state index contributed by atoms with van der Waals surface area (Å²) in [6.07, 6.45) is 3.72. The number of amides is 2. The van der Waals surface area contributed by atoms with Gasteiger partial charge in [-0.15, -0.1) is 11.3 Å². The van der Waals surface area contributed by atoms with Crippen LogP contribution >= 0.6 is 11.3 Å². The van der Waals surface area contributed by atoms with Gasteiger partial charge in [-0.25, -0.2) is 9.97 Å². The summed E-state index contributed by atoms with van der Waals surface area (Å²) in [5, 5.41) is 6.66. The number of anilines is 1. The quantitative estimate of drug-likeness (QED) is 0.687. The Bertz CT molecular complexity index is 1070. The largest absolute Gasteiger partial charge is 0.376 e.